The molecule has 1 aliphatic rings. The molecule has 1 saturated heterocycles. The molecule has 1 aromatic carbocycles. The second kappa shape index (κ2) is 5.58. The first-order chi connectivity index (χ1) is 8.91. The van der Waals surface area contributed by atoms with E-state index in [1.54, 1.807) is 32.3 Å². The minimum atomic E-state index is -3.34. The Labute approximate surface area is 115 Å². The maximum absolute atomic E-state index is 12.1. The quantitative estimate of drug-likeness (QED) is 0.847. The van der Waals surface area contributed by atoms with Gasteiger partial charge in [0.05, 0.1) is 4.90 Å². The molecule has 0 saturated carbocycles. The summed E-state index contributed by atoms with van der Waals surface area (Å²) in [6, 6.07) is 7.73. The van der Waals surface area contributed by atoms with Crippen molar-refractivity contribution in [2.75, 3.05) is 34.2 Å². The molecule has 19 heavy (non-hydrogen) atoms. The fourth-order valence-electron chi connectivity index (χ4n) is 2.02. The molecule has 106 valence electrons. The van der Waals surface area contributed by atoms with Gasteiger partial charge in [0.15, 0.2) is 0 Å². The Bertz CT molecular complexity index is 539. The lowest BCUT2D eigenvalue weighted by atomic mass is 10.1. The van der Waals surface area contributed by atoms with E-state index in [9.17, 15) is 8.42 Å². The van der Waals surface area contributed by atoms with Crippen LogP contribution < -0.4 is 5.32 Å². The minimum Gasteiger partial charge on any atom is -0.314 e. The van der Waals surface area contributed by atoms with Gasteiger partial charge in [-0.25, -0.2) is 12.7 Å². The van der Waals surface area contributed by atoms with E-state index in [1.807, 2.05) is 6.07 Å². The lowest BCUT2D eigenvalue weighted by Crippen LogP contribution is -2.55. The van der Waals surface area contributed by atoms with Crippen LogP contribution in [-0.4, -0.2) is 57.9 Å². The molecule has 0 atom stereocenters. The fourth-order valence-corrected chi connectivity index (χ4v) is 2.99. The summed E-state index contributed by atoms with van der Waals surface area (Å²) in [5, 5.41) is 3.23. The van der Waals surface area contributed by atoms with Gasteiger partial charge >= 0.3 is 0 Å². The van der Waals surface area contributed by atoms with Crippen molar-refractivity contribution in [2.45, 2.75) is 17.5 Å². The van der Waals surface area contributed by atoms with Gasteiger partial charge in [-0.2, -0.15) is 0 Å². The van der Waals surface area contributed by atoms with Gasteiger partial charge in [0.2, 0.25) is 10.0 Å². The predicted molar refractivity (Wildman–Crippen MR) is 75.4 cm³/mol. The standard InChI is InChI=1S/C13H21N3O2S/c1-15(2)19(17,18)13-6-4-5-11(7-13)10-16(3)12-8-14-9-12/h4-7,12,14H,8-10H2,1-3H3. The molecule has 0 unspecified atom stereocenters. The molecule has 1 N–H and O–H groups in total. The van der Waals surface area contributed by atoms with Crippen molar-refractivity contribution in [3.63, 3.8) is 0 Å². The Balaban J connectivity index is 2.15. The summed E-state index contributed by atoms with van der Waals surface area (Å²) in [6.45, 7) is 2.78. The van der Waals surface area contributed by atoms with Crippen LogP contribution in [0.15, 0.2) is 29.2 Å². The van der Waals surface area contributed by atoms with Crippen LogP contribution in [0.4, 0.5) is 0 Å². The minimum absolute atomic E-state index is 0.357. The molecule has 5 nitrogen and oxygen atoms in total. The maximum atomic E-state index is 12.1. The Morgan fingerprint density at radius 3 is 2.47 bits per heavy atom. The van der Waals surface area contributed by atoms with Gasteiger partial charge in [-0.05, 0) is 24.7 Å². The molecule has 2 rings (SSSR count). The average Bonchev–Trinajstić information content (AvgIpc) is 2.26. The molecule has 0 spiro atoms. The molecule has 1 aromatic rings. The van der Waals surface area contributed by atoms with Crippen molar-refractivity contribution in [2.24, 2.45) is 0 Å². The molecule has 1 fully saturated rings. The number of benzene rings is 1. The lowest BCUT2D eigenvalue weighted by molar-refractivity contribution is 0.173. The summed E-state index contributed by atoms with van der Waals surface area (Å²) >= 11 is 0. The molecule has 0 radical (unpaired) electrons. The smallest absolute Gasteiger partial charge is 0.242 e. The van der Waals surface area contributed by atoms with E-state index in [-0.39, 0.29) is 0 Å². The van der Waals surface area contributed by atoms with Crippen molar-refractivity contribution < 1.29 is 8.42 Å². The van der Waals surface area contributed by atoms with Crippen molar-refractivity contribution in [3.05, 3.63) is 29.8 Å². The highest BCUT2D eigenvalue weighted by molar-refractivity contribution is 7.89. The second-order valence-corrected chi connectivity index (χ2v) is 7.31. The topological polar surface area (TPSA) is 52.7 Å². The summed E-state index contributed by atoms with van der Waals surface area (Å²) in [7, 11) is 1.82. The van der Waals surface area contributed by atoms with Gasteiger partial charge in [0.1, 0.15) is 0 Å². The van der Waals surface area contributed by atoms with Crippen molar-refractivity contribution >= 4 is 10.0 Å². The number of hydrogen-bond donors (Lipinski definition) is 1. The fraction of sp³-hybridized carbons (Fsp3) is 0.538. The summed E-state index contributed by atoms with van der Waals surface area (Å²) in [5.74, 6) is 0. The number of sulfonamides is 1. The van der Waals surface area contributed by atoms with Crippen LogP contribution in [0.25, 0.3) is 0 Å². The van der Waals surface area contributed by atoms with E-state index in [4.69, 9.17) is 0 Å². The van der Waals surface area contributed by atoms with Gasteiger partial charge in [-0.15, -0.1) is 0 Å². The number of rotatable bonds is 5. The highest BCUT2D eigenvalue weighted by atomic mass is 32.2. The van der Waals surface area contributed by atoms with Crippen LogP contribution in [0.5, 0.6) is 0 Å². The van der Waals surface area contributed by atoms with Crippen LogP contribution in [0.3, 0.4) is 0 Å². The first-order valence-electron chi connectivity index (χ1n) is 6.33. The van der Waals surface area contributed by atoms with Crippen LogP contribution in [0.2, 0.25) is 0 Å². The Hall–Kier alpha value is -0.950. The monoisotopic (exact) mass is 283 g/mol. The van der Waals surface area contributed by atoms with Crippen molar-refractivity contribution in [1.29, 1.82) is 0 Å². The van der Waals surface area contributed by atoms with Crippen molar-refractivity contribution in [3.8, 4) is 0 Å². The second-order valence-electron chi connectivity index (χ2n) is 5.16. The van der Waals surface area contributed by atoms with E-state index in [0.29, 0.717) is 10.9 Å². The lowest BCUT2D eigenvalue weighted by Gasteiger charge is -2.35. The summed E-state index contributed by atoms with van der Waals surface area (Å²) < 4.78 is 25.4. The zero-order valence-corrected chi connectivity index (χ0v) is 12.4. The Kier molecular flexibility index (Phi) is 4.25. The zero-order valence-electron chi connectivity index (χ0n) is 11.6. The molecule has 0 amide bonds. The largest absolute Gasteiger partial charge is 0.314 e. The molecule has 1 aliphatic heterocycles. The third kappa shape index (κ3) is 3.14. The zero-order chi connectivity index (χ0) is 14.0. The molecular formula is C13H21N3O2S. The molecule has 0 aliphatic carbocycles. The van der Waals surface area contributed by atoms with Gasteiger partial charge in [-0.3, -0.25) is 4.90 Å². The third-order valence-corrected chi connectivity index (χ3v) is 5.30. The van der Waals surface area contributed by atoms with Crippen LogP contribution in [-0.2, 0) is 16.6 Å². The average molecular weight is 283 g/mol. The van der Waals surface area contributed by atoms with E-state index in [1.165, 1.54) is 4.31 Å². The first-order valence-corrected chi connectivity index (χ1v) is 7.77. The van der Waals surface area contributed by atoms with Gasteiger partial charge < -0.3 is 5.32 Å². The Morgan fingerprint density at radius 1 is 1.26 bits per heavy atom. The van der Waals surface area contributed by atoms with Crippen LogP contribution in [0, 0.1) is 0 Å². The highest BCUT2D eigenvalue weighted by Gasteiger charge is 2.22. The van der Waals surface area contributed by atoms with E-state index < -0.39 is 10.0 Å². The number of nitrogens with one attached hydrogen (secondary N) is 1. The maximum Gasteiger partial charge on any atom is 0.242 e. The molecule has 0 aromatic heterocycles. The van der Waals surface area contributed by atoms with Gasteiger partial charge in [0.25, 0.3) is 0 Å². The molecule has 1 heterocycles. The van der Waals surface area contributed by atoms with Crippen LogP contribution in [0.1, 0.15) is 5.56 Å². The first kappa shape index (κ1) is 14.5. The number of hydrogen-bond acceptors (Lipinski definition) is 4. The molecule has 6 heteroatoms. The number of nitrogens with zero attached hydrogens (tertiary/aromatic N) is 2. The van der Waals surface area contributed by atoms with Gasteiger partial charge in [-0.1, -0.05) is 12.1 Å². The molecule has 0 bridgehead atoms. The van der Waals surface area contributed by atoms with Crippen LogP contribution >= 0.6 is 0 Å². The Morgan fingerprint density at radius 2 is 1.95 bits per heavy atom. The summed E-state index contributed by atoms with van der Waals surface area (Å²) in [6.07, 6.45) is 0. The van der Waals surface area contributed by atoms with Crippen molar-refractivity contribution in [1.82, 2.24) is 14.5 Å². The van der Waals surface area contributed by atoms with E-state index in [0.717, 1.165) is 25.2 Å². The predicted octanol–water partition coefficient (Wildman–Crippen LogP) is 0.341. The highest BCUT2D eigenvalue weighted by Crippen LogP contribution is 2.16. The number of likely N-dealkylation sites (N-methyl/N-ethyl adjacent to an activating group) is 1. The van der Waals surface area contributed by atoms with E-state index in [2.05, 4.69) is 17.3 Å². The summed E-state index contributed by atoms with van der Waals surface area (Å²) in [4.78, 5) is 2.60. The third-order valence-electron chi connectivity index (χ3n) is 3.49. The van der Waals surface area contributed by atoms with E-state index >= 15 is 0 Å². The summed E-state index contributed by atoms with van der Waals surface area (Å²) in [5.41, 5.74) is 1.03. The normalized spacial score (nSPS) is 16.9. The SMILES string of the molecule is CN(Cc1cccc(S(=O)(=O)N(C)C)c1)C1CNC1. The van der Waals surface area contributed by atoms with Gasteiger partial charge in [0, 0.05) is 39.8 Å². The molecular weight excluding hydrogens is 262 g/mol.